The van der Waals surface area contributed by atoms with Crippen LogP contribution in [0.3, 0.4) is 0 Å². The number of aromatic nitrogens is 4. The fraction of sp³-hybridized carbons (Fsp3) is 0.350. The van der Waals surface area contributed by atoms with Crippen LogP contribution in [0.5, 0.6) is 0 Å². The number of nitrogens with one attached hydrogen (secondary N) is 3. The average Bonchev–Trinajstić information content (AvgIpc) is 3.31. The molecule has 0 radical (unpaired) electrons. The molecule has 3 aromatic heterocycles. The minimum absolute atomic E-state index is 0.184. The molecule has 0 aliphatic heterocycles. The van der Waals surface area contributed by atoms with Gasteiger partial charge in [0.1, 0.15) is 11.6 Å². The number of furan rings is 1. The SMILES string of the molecule is Cc1cc(C)n(-c2cc(NC(=O)NCCCCC(=O)NO)nc(-c3ccc(C)o3)n2)n1. The van der Waals surface area contributed by atoms with Crippen LogP contribution in [0.2, 0.25) is 0 Å². The van der Waals surface area contributed by atoms with Gasteiger partial charge in [-0.1, -0.05) is 0 Å². The summed E-state index contributed by atoms with van der Waals surface area (Å²) < 4.78 is 7.31. The number of hydrogen-bond acceptors (Lipinski definition) is 7. The molecule has 31 heavy (non-hydrogen) atoms. The summed E-state index contributed by atoms with van der Waals surface area (Å²) in [4.78, 5) is 32.2. The molecule has 0 aliphatic carbocycles. The number of hydroxylamine groups is 1. The van der Waals surface area contributed by atoms with Crippen molar-refractivity contribution in [3.05, 3.63) is 41.4 Å². The third-order valence-corrected chi connectivity index (χ3v) is 4.38. The highest BCUT2D eigenvalue weighted by Crippen LogP contribution is 2.22. The number of hydrogen-bond donors (Lipinski definition) is 4. The molecule has 0 aliphatic rings. The van der Waals surface area contributed by atoms with E-state index in [-0.39, 0.29) is 6.42 Å². The van der Waals surface area contributed by atoms with Gasteiger partial charge in [-0.15, -0.1) is 0 Å². The Bertz CT molecular complexity index is 1070. The first-order valence-corrected chi connectivity index (χ1v) is 9.83. The highest BCUT2D eigenvalue weighted by atomic mass is 16.5. The van der Waals surface area contributed by atoms with Crippen molar-refractivity contribution in [2.24, 2.45) is 0 Å². The maximum Gasteiger partial charge on any atom is 0.320 e. The molecule has 164 valence electrons. The molecule has 0 aromatic carbocycles. The van der Waals surface area contributed by atoms with Gasteiger partial charge in [0.15, 0.2) is 17.4 Å². The Balaban J connectivity index is 1.74. The van der Waals surface area contributed by atoms with Gasteiger partial charge >= 0.3 is 6.03 Å². The van der Waals surface area contributed by atoms with Crippen LogP contribution in [0.15, 0.2) is 28.7 Å². The molecule has 0 spiro atoms. The van der Waals surface area contributed by atoms with Gasteiger partial charge in [-0.3, -0.25) is 15.3 Å². The normalized spacial score (nSPS) is 10.7. The smallest absolute Gasteiger partial charge is 0.320 e. The van der Waals surface area contributed by atoms with Crippen LogP contribution in [-0.4, -0.2) is 43.4 Å². The van der Waals surface area contributed by atoms with Crippen LogP contribution < -0.4 is 16.1 Å². The monoisotopic (exact) mass is 427 g/mol. The third kappa shape index (κ3) is 5.89. The van der Waals surface area contributed by atoms with Crippen molar-refractivity contribution >= 4 is 17.8 Å². The van der Waals surface area contributed by atoms with E-state index >= 15 is 0 Å². The van der Waals surface area contributed by atoms with Crippen molar-refractivity contribution in [1.29, 1.82) is 0 Å². The molecule has 0 fully saturated rings. The van der Waals surface area contributed by atoms with E-state index in [2.05, 4.69) is 25.7 Å². The zero-order valence-corrected chi connectivity index (χ0v) is 17.6. The van der Waals surface area contributed by atoms with Crippen LogP contribution >= 0.6 is 0 Å². The highest BCUT2D eigenvalue weighted by Gasteiger charge is 2.15. The second kappa shape index (κ2) is 9.85. The van der Waals surface area contributed by atoms with Crippen molar-refractivity contribution in [2.45, 2.75) is 40.0 Å². The lowest BCUT2D eigenvalue weighted by molar-refractivity contribution is -0.129. The summed E-state index contributed by atoms with van der Waals surface area (Å²) in [6.07, 6.45) is 1.30. The fourth-order valence-electron chi connectivity index (χ4n) is 2.96. The predicted octanol–water partition coefficient (Wildman–Crippen LogP) is 2.64. The number of rotatable bonds is 8. The minimum Gasteiger partial charge on any atom is -0.458 e. The van der Waals surface area contributed by atoms with Gasteiger partial charge in [-0.05, 0) is 51.8 Å². The van der Waals surface area contributed by atoms with E-state index in [4.69, 9.17) is 9.62 Å². The van der Waals surface area contributed by atoms with Gasteiger partial charge in [0, 0.05) is 24.7 Å². The van der Waals surface area contributed by atoms with Crippen LogP contribution in [-0.2, 0) is 4.79 Å². The Labute approximate surface area is 178 Å². The average molecular weight is 427 g/mol. The molecule has 11 heteroatoms. The quantitative estimate of drug-likeness (QED) is 0.245. The Morgan fingerprint density at radius 3 is 2.58 bits per heavy atom. The first-order valence-electron chi connectivity index (χ1n) is 9.83. The van der Waals surface area contributed by atoms with Gasteiger partial charge in [-0.2, -0.15) is 5.10 Å². The van der Waals surface area contributed by atoms with E-state index < -0.39 is 11.9 Å². The molecule has 11 nitrogen and oxygen atoms in total. The summed E-state index contributed by atoms with van der Waals surface area (Å²) in [7, 11) is 0. The zero-order chi connectivity index (χ0) is 22.4. The van der Waals surface area contributed by atoms with Crippen LogP contribution in [0, 0.1) is 20.8 Å². The lowest BCUT2D eigenvalue weighted by Gasteiger charge is -2.10. The number of carbonyl (C=O) groups is 2. The number of carbonyl (C=O) groups excluding carboxylic acids is 2. The zero-order valence-electron chi connectivity index (χ0n) is 17.6. The molecule has 0 bridgehead atoms. The summed E-state index contributed by atoms with van der Waals surface area (Å²) in [5, 5.41) is 18.3. The molecule has 4 N–H and O–H groups in total. The van der Waals surface area contributed by atoms with Crippen LogP contribution in [0.4, 0.5) is 10.6 Å². The molecule has 0 saturated carbocycles. The number of aryl methyl sites for hydroxylation is 3. The van der Waals surface area contributed by atoms with Crippen molar-refractivity contribution < 1.29 is 19.2 Å². The number of nitrogens with zero attached hydrogens (tertiary/aromatic N) is 4. The van der Waals surface area contributed by atoms with Crippen molar-refractivity contribution in [2.75, 3.05) is 11.9 Å². The van der Waals surface area contributed by atoms with E-state index in [0.717, 1.165) is 17.1 Å². The number of amides is 3. The fourth-order valence-corrected chi connectivity index (χ4v) is 2.96. The summed E-state index contributed by atoms with van der Waals surface area (Å²) >= 11 is 0. The predicted molar refractivity (Wildman–Crippen MR) is 112 cm³/mol. The molecule has 0 atom stereocenters. The van der Waals surface area contributed by atoms with Crippen molar-refractivity contribution in [3.8, 4) is 17.4 Å². The van der Waals surface area contributed by atoms with Gasteiger partial charge in [0.2, 0.25) is 5.91 Å². The Morgan fingerprint density at radius 1 is 1.13 bits per heavy atom. The topological polar surface area (TPSA) is 147 Å². The van der Waals surface area contributed by atoms with E-state index in [1.807, 2.05) is 32.9 Å². The molecule has 0 saturated heterocycles. The third-order valence-electron chi connectivity index (χ3n) is 4.38. The molecule has 0 unspecified atom stereocenters. The maximum absolute atomic E-state index is 12.3. The molecular formula is C20H25N7O4. The van der Waals surface area contributed by atoms with Gasteiger partial charge < -0.3 is 9.73 Å². The number of anilines is 1. The number of urea groups is 1. The Morgan fingerprint density at radius 2 is 1.94 bits per heavy atom. The standard InChI is InChI=1S/C20H25N7O4/c1-12-10-13(2)27(25-12)17-11-16(22-19(24-17)15-8-7-14(3)31-15)23-20(29)21-9-5-4-6-18(28)26-30/h7-8,10-11,30H,4-6,9H2,1-3H3,(H,26,28)(H2,21,22,23,24,29). The molecule has 3 aromatic rings. The summed E-state index contributed by atoms with van der Waals surface area (Å²) in [6.45, 7) is 5.99. The Kier molecular flexibility index (Phi) is 6.98. The first kappa shape index (κ1) is 22.0. The molecule has 3 rings (SSSR count). The summed E-state index contributed by atoms with van der Waals surface area (Å²) in [5.41, 5.74) is 3.30. The lowest BCUT2D eigenvalue weighted by Crippen LogP contribution is -2.30. The second-order valence-electron chi connectivity index (χ2n) is 7.06. The molecule has 3 amide bonds. The highest BCUT2D eigenvalue weighted by molar-refractivity contribution is 5.88. The summed E-state index contributed by atoms with van der Waals surface area (Å²) in [5.74, 6) is 1.85. The second-order valence-corrected chi connectivity index (χ2v) is 7.06. The van der Waals surface area contributed by atoms with E-state index in [9.17, 15) is 9.59 Å². The van der Waals surface area contributed by atoms with Crippen LogP contribution in [0.1, 0.15) is 36.4 Å². The Hall–Kier alpha value is -3.73. The number of unbranched alkanes of at least 4 members (excludes halogenated alkanes) is 1. The maximum atomic E-state index is 12.3. The molecular weight excluding hydrogens is 402 g/mol. The largest absolute Gasteiger partial charge is 0.458 e. The van der Waals surface area contributed by atoms with Gasteiger partial charge in [0.25, 0.3) is 0 Å². The van der Waals surface area contributed by atoms with Gasteiger partial charge in [0.05, 0.1) is 5.69 Å². The van der Waals surface area contributed by atoms with Gasteiger partial charge in [-0.25, -0.2) is 24.9 Å². The van der Waals surface area contributed by atoms with E-state index in [1.54, 1.807) is 22.3 Å². The van der Waals surface area contributed by atoms with E-state index in [0.29, 0.717) is 42.6 Å². The molecule has 3 heterocycles. The van der Waals surface area contributed by atoms with Crippen molar-refractivity contribution in [3.63, 3.8) is 0 Å². The van der Waals surface area contributed by atoms with Crippen molar-refractivity contribution in [1.82, 2.24) is 30.5 Å². The summed E-state index contributed by atoms with van der Waals surface area (Å²) in [6, 6.07) is 6.69. The first-order chi connectivity index (χ1) is 14.9. The van der Waals surface area contributed by atoms with E-state index in [1.165, 1.54) is 0 Å². The van der Waals surface area contributed by atoms with Crippen LogP contribution in [0.25, 0.3) is 17.4 Å². The lowest BCUT2D eigenvalue weighted by atomic mass is 10.2. The minimum atomic E-state index is -0.456.